The Morgan fingerprint density at radius 1 is 0.700 bits per heavy atom. The van der Waals surface area contributed by atoms with Crippen LogP contribution in [0.4, 0.5) is 11.5 Å². The Hall–Kier alpha value is -3.66. The van der Waals surface area contributed by atoms with Crippen molar-refractivity contribution in [2.45, 2.75) is 19.4 Å². The molecule has 0 atom stereocenters. The first-order valence-electron chi connectivity index (χ1n) is 10.2. The number of nitrogens with zero attached hydrogens (tertiary/aromatic N) is 3. The lowest BCUT2D eigenvalue weighted by atomic mass is 9.75. The highest BCUT2D eigenvalue weighted by atomic mass is 15.4. The van der Waals surface area contributed by atoms with E-state index in [9.17, 15) is 0 Å². The maximum absolute atomic E-state index is 4.89. The van der Waals surface area contributed by atoms with E-state index in [4.69, 9.17) is 4.98 Å². The average Bonchev–Trinajstić information content (AvgIpc) is 3.21. The molecule has 3 aromatic carbocycles. The minimum atomic E-state index is -0.532. The lowest BCUT2D eigenvalue weighted by Gasteiger charge is -2.44. The fourth-order valence-corrected chi connectivity index (χ4v) is 4.61. The number of aromatic nitrogens is 2. The molecular weight excluding hydrogens is 368 g/mol. The molecule has 4 heteroatoms. The minimum Gasteiger partial charge on any atom is -0.363 e. The normalized spacial score (nSPS) is 13.1. The van der Waals surface area contributed by atoms with Crippen LogP contribution < -0.4 is 10.2 Å². The molecule has 5 rings (SSSR count). The third kappa shape index (κ3) is 2.76. The molecule has 2 heterocycles. The van der Waals surface area contributed by atoms with Crippen molar-refractivity contribution in [3.8, 4) is 0 Å². The van der Waals surface area contributed by atoms with Gasteiger partial charge in [0.05, 0.1) is 12.4 Å². The number of rotatable bonds is 4. The summed E-state index contributed by atoms with van der Waals surface area (Å²) in [5.41, 5.74) is 5.05. The van der Waals surface area contributed by atoms with E-state index in [1.807, 2.05) is 13.8 Å². The second kappa shape index (κ2) is 7.30. The van der Waals surface area contributed by atoms with Gasteiger partial charge in [0.15, 0.2) is 5.82 Å². The van der Waals surface area contributed by atoms with Crippen LogP contribution in [0.25, 0.3) is 0 Å². The van der Waals surface area contributed by atoms with Gasteiger partial charge in [-0.25, -0.2) is 9.97 Å². The molecule has 0 spiro atoms. The highest BCUT2D eigenvalue weighted by Crippen LogP contribution is 2.48. The molecule has 0 aliphatic carbocycles. The summed E-state index contributed by atoms with van der Waals surface area (Å²) in [5, 5.41) is 3.56. The summed E-state index contributed by atoms with van der Waals surface area (Å²) >= 11 is 0. The van der Waals surface area contributed by atoms with Crippen molar-refractivity contribution < 1.29 is 0 Å². The first kappa shape index (κ1) is 18.4. The van der Waals surface area contributed by atoms with E-state index >= 15 is 0 Å². The van der Waals surface area contributed by atoms with Gasteiger partial charge in [0.25, 0.3) is 0 Å². The van der Waals surface area contributed by atoms with Crippen molar-refractivity contribution in [2.75, 3.05) is 16.9 Å². The van der Waals surface area contributed by atoms with Crippen LogP contribution in [0.3, 0.4) is 0 Å². The number of benzene rings is 3. The molecule has 1 N–H and O–H groups in total. The monoisotopic (exact) mass is 392 g/mol. The molecule has 0 saturated heterocycles. The second-order valence-corrected chi connectivity index (χ2v) is 7.63. The Kier molecular flexibility index (Phi) is 4.47. The first-order valence-corrected chi connectivity index (χ1v) is 10.2. The molecule has 0 saturated carbocycles. The van der Waals surface area contributed by atoms with Crippen LogP contribution in [0.2, 0.25) is 0 Å². The van der Waals surface area contributed by atoms with Gasteiger partial charge in [0, 0.05) is 0 Å². The van der Waals surface area contributed by atoms with Crippen molar-refractivity contribution in [2.24, 2.45) is 0 Å². The zero-order valence-electron chi connectivity index (χ0n) is 17.2. The van der Waals surface area contributed by atoms with E-state index in [-0.39, 0.29) is 0 Å². The third-order valence-corrected chi connectivity index (χ3v) is 5.83. The molecule has 0 amide bonds. The molecule has 1 aliphatic heterocycles. The molecule has 1 aliphatic rings. The van der Waals surface area contributed by atoms with Crippen LogP contribution in [-0.4, -0.2) is 16.6 Å². The zero-order valence-corrected chi connectivity index (χ0v) is 17.2. The molecule has 0 radical (unpaired) electrons. The first-order chi connectivity index (χ1) is 14.7. The van der Waals surface area contributed by atoms with E-state index in [0.29, 0.717) is 6.67 Å². The topological polar surface area (TPSA) is 41.1 Å². The quantitative estimate of drug-likeness (QED) is 0.480. The molecule has 1 aromatic heterocycles. The number of hydrogen-bond donors (Lipinski definition) is 1. The molecule has 148 valence electrons. The molecule has 4 aromatic rings. The van der Waals surface area contributed by atoms with Crippen LogP contribution >= 0.6 is 0 Å². The lowest BCUT2D eigenvalue weighted by Crippen LogP contribution is -2.48. The smallest absolute Gasteiger partial charge is 0.158 e. The summed E-state index contributed by atoms with van der Waals surface area (Å²) < 4.78 is 0. The van der Waals surface area contributed by atoms with Gasteiger partial charge in [-0.3, -0.25) is 0 Å². The zero-order chi connectivity index (χ0) is 20.6. The van der Waals surface area contributed by atoms with Crippen LogP contribution in [0.1, 0.15) is 28.2 Å². The predicted octanol–water partition coefficient (Wildman–Crippen LogP) is 5.27. The van der Waals surface area contributed by atoms with Gasteiger partial charge < -0.3 is 10.2 Å². The molecular formula is C26H24N4. The van der Waals surface area contributed by atoms with Gasteiger partial charge in [-0.15, -0.1) is 0 Å². The number of fused-ring (bicyclic) bond motifs is 1. The van der Waals surface area contributed by atoms with Gasteiger partial charge in [-0.05, 0) is 30.5 Å². The lowest BCUT2D eigenvalue weighted by molar-refractivity contribution is 0.578. The summed E-state index contributed by atoms with van der Waals surface area (Å²) in [4.78, 5) is 11.8. The average molecular weight is 393 g/mol. The van der Waals surface area contributed by atoms with Crippen molar-refractivity contribution in [1.29, 1.82) is 0 Å². The van der Waals surface area contributed by atoms with Crippen LogP contribution in [0.5, 0.6) is 0 Å². The Morgan fingerprint density at radius 3 is 1.63 bits per heavy atom. The van der Waals surface area contributed by atoms with Crippen molar-refractivity contribution in [3.63, 3.8) is 0 Å². The van der Waals surface area contributed by atoms with Crippen molar-refractivity contribution in [1.82, 2.24) is 9.97 Å². The van der Waals surface area contributed by atoms with Gasteiger partial charge >= 0.3 is 0 Å². The molecule has 0 bridgehead atoms. The van der Waals surface area contributed by atoms with E-state index in [0.717, 1.165) is 23.0 Å². The maximum atomic E-state index is 4.89. The maximum Gasteiger partial charge on any atom is 0.158 e. The fraction of sp³-hybridized carbons (Fsp3) is 0.154. The molecule has 0 fully saturated rings. The fourth-order valence-electron chi connectivity index (χ4n) is 4.61. The number of hydrogen-bond acceptors (Lipinski definition) is 4. The Morgan fingerprint density at radius 2 is 1.17 bits per heavy atom. The largest absolute Gasteiger partial charge is 0.363 e. The highest BCUT2D eigenvalue weighted by Gasteiger charge is 2.46. The second-order valence-electron chi connectivity index (χ2n) is 7.63. The van der Waals surface area contributed by atoms with Crippen LogP contribution in [0.15, 0.2) is 91.0 Å². The Labute approximate surface area is 177 Å². The van der Waals surface area contributed by atoms with E-state index in [2.05, 4.69) is 106 Å². The summed E-state index contributed by atoms with van der Waals surface area (Å²) in [7, 11) is 0. The standard InChI is InChI=1S/C26H24N4/c1-19-24-25(29-20(2)28-19)30(18-27-24)26(21-12-6-3-7-13-21,22-14-8-4-9-15-22)23-16-10-5-11-17-23/h3-17,27H,18H2,1-2H3. The van der Waals surface area contributed by atoms with E-state index in [1.165, 1.54) is 16.7 Å². The Balaban J connectivity index is 1.88. The van der Waals surface area contributed by atoms with Gasteiger partial charge in [0.2, 0.25) is 0 Å². The molecule has 30 heavy (non-hydrogen) atoms. The van der Waals surface area contributed by atoms with Crippen molar-refractivity contribution >= 4 is 11.5 Å². The number of aryl methyl sites for hydroxylation is 2. The van der Waals surface area contributed by atoms with Crippen molar-refractivity contribution in [3.05, 3.63) is 119 Å². The van der Waals surface area contributed by atoms with Crippen LogP contribution in [0, 0.1) is 13.8 Å². The molecule has 0 unspecified atom stereocenters. The van der Waals surface area contributed by atoms with E-state index in [1.54, 1.807) is 0 Å². The van der Waals surface area contributed by atoms with E-state index < -0.39 is 5.54 Å². The summed E-state index contributed by atoms with van der Waals surface area (Å²) in [5.74, 6) is 1.72. The summed E-state index contributed by atoms with van der Waals surface area (Å²) in [6.07, 6.45) is 0. The summed E-state index contributed by atoms with van der Waals surface area (Å²) in [6.45, 7) is 4.64. The number of anilines is 2. The molecule has 4 nitrogen and oxygen atoms in total. The predicted molar refractivity (Wildman–Crippen MR) is 122 cm³/mol. The Bertz CT molecular complexity index is 1060. The van der Waals surface area contributed by atoms with Gasteiger partial charge in [-0.1, -0.05) is 91.0 Å². The third-order valence-electron chi connectivity index (χ3n) is 5.83. The van der Waals surface area contributed by atoms with Crippen LogP contribution in [-0.2, 0) is 5.54 Å². The van der Waals surface area contributed by atoms with Gasteiger partial charge in [0.1, 0.15) is 17.1 Å². The summed E-state index contributed by atoms with van der Waals surface area (Å²) in [6, 6.07) is 32.1. The number of nitrogens with one attached hydrogen (secondary N) is 1. The SMILES string of the molecule is Cc1nc(C)c2c(n1)N(C(c1ccccc1)(c1ccccc1)c1ccccc1)CN2. The minimum absolute atomic E-state index is 0.532. The highest BCUT2D eigenvalue weighted by molar-refractivity contribution is 5.77. The van der Waals surface area contributed by atoms with Gasteiger partial charge in [-0.2, -0.15) is 0 Å².